The molecular formula is C32H30N4O4. The number of carbonyl (C=O) groups is 2. The Balaban J connectivity index is 1.25. The van der Waals surface area contributed by atoms with Crippen molar-refractivity contribution in [1.29, 1.82) is 0 Å². The van der Waals surface area contributed by atoms with Gasteiger partial charge >= 0.3 is 5.97 Å². The summed E-state index contributed by atoms with van der Waals surface area (Å²) in [4.78, 5) is 27.7. The molecular weight excluding hydrogens is 504 g/mol. The Labute approximate surface area is 232 Å². The van der Waals surface area contributed by atoms with Crippen LogP contribution < -0.4 is 10.1 Å². The molecule has 2 aromatic heterocycles. The SMILES string of the molecule is Cc1cc(-c2ccc3ccccc3c2)nn1CCOc1ccc(CCC(=O)O)c(CNC(=O)c2ccccn2)c1. The summed E-state index contributed by atoms with van der Waals surface area (Å²) in [7, 11) is 0. The molecule has 3 aromatic carbocycles. The Kier molecular flexibility index (Phi) is 8.15. The number of carboxylic acid groups (broad SMARTS) is 1. The lowest BCUT2D eigenvalue weighted by Gasteiger charge is -2.14. The minimum atomic E-state index is -0.874. The van der Waals surface area contributed by atoms with E-state index in [1.165, 1.54) is 10.8 Å². The second kappa shape index (κ2) is 12.3. The minimum Gasteiger partial charge on any atom is -0.492 e. The Hall–Kier alpha value is -4.98. The number of aliphatic carboxylic acids is 1. The maximum Gasteiger partial charge on any atom is 0.303 e. The number of hydrogen-bond acceptors (Lipinski definition) is 5. The summed E-state index contributed by atoms with van der Waals surface area (Å²) < 4.78 is 7.98. The number of fused-ring (bicyclic) bond motifs is 1. The molecule has 5 aromatic rings. The average Bonchev–Trinajstić information content (AvgIpc) is 3.35. The quantitative estimate of drug-likeness (QED) is 0.234. The van der Waals surface area contributed by atoms with Crippen LogP contribution in [-0.2, 0) is 24.3 Å². The molecule has 0 spiro atoms. The van der Waals surface area contributed by atoms with Crippen molar-refractivity contribution in [3.63, 3.8) is 0 Å². The van der Waals surface area contributed by atoms with Crippen molar-refractivity contribution in [2.75, 3.05) is 6.61 Å². The molecule has 2 heterocycles. The van der Waals surface area contributed by atoms with Gasteiger partial charge in [0.15, 0.2) is 0 Å². The molecule has 5 rings (SSSR count). The fourth-order valence-electron chi connectivity index (χ4n) is 4.58. The number of carbonyl (C=O) groups excluding carboxylic acids is 1. The lowest BCUT2D eigenvalue weighted by atomic mass is 10.0. The van der Waals surface area contributed by atoms with Crippen molar-refractivity contribution in [1.82, 2.24) is 20.1 Å². The van der Waals surface area contributed by atoms with E-state index in [2.05, 4.69) is 46.7 Å². The topological polar surface area (TPSA) is 106 Å². The van der Waals surface area contributed by atoms with E-state index in [0.29, 0.717) is 31.0 Å². The first-order valence-corrected chi connectivity index (χ1v) is 13.2. The van der Waals surface area contributed by atoms with Gasteiger partial charge in [-0.15, -0.1) is 0 Å². The zero-order valence-electron chi connectivity index (χ0n) is 22.2. The van der Waals surface area contributed by atoms with E-state index >= 15 is 0 Å². The Morgan fingerprint density at radius 1 is 0.925 bits per heavy atom. The third-order valence-electron chi connectivity index (χ3n) is 6.72. The van der Waals surface area contributed by atoms with Gasteiger partial charge in [0.25, 0.3) is 5.91 Å². The number of amides is 1. The highest BCUT2D eigenvalue weighted by molar-refractivity contribution is 5.92. The number of carboxylic acids is 1. The van der Waals surface area contributed by atoms with Gasteiger partial charge in [-0.05, 0) is 71.6 Å². The first-order chi connectivity index (χ1) is 19.5. The molecule has 40 heavy (non-hydrogen) atoms. The van der Waals surface area contributed by atoms with E-state index in [1.54, 1.807) is 24.4 Å². The molecule has 1 amide bonds. The summed E-state index contributed by atoms with van der Waals surface area (Å²) in [6.45, 7) is 3.21. The highest BCUT2D eigenvalue weighted by Gasteiger charge is 2.12. The zero-order chi connectivity index (χ0) is 27.9. The molecule has 2 N–H and O–H groups in total. The van der Waals surface area contributed by atoms with Gasteiger partial charge in [0.1, 0.15) is 18.1 Å². The maximum atomic E-state index is 12.5. The maximum absolute atomic E-state index is 12.5. The normalized spacial score (nSPS) is 10.9. The number of rotatable bonds is 11. The smallest absolute Gasteiger partial charge is 0.303 e. The van der Waals surface area contributed by atoms with Gasteiger partial charge in [-0.25, -0.2) is 0 Å². The third-order valence-corrected chi connectivity index (χ3v) is 6.72. The summed E-state index contributed by atoms with van der Waals surface area (Å²) in [6.07, 6.45) is 1.92. The number of aryl methyl sites for hydroxylation is 2. The first kappa shape index (κ1) is 26.6. The molecule has 0 aliphatic heterocycles. The summed E-state index contributed by atoms with van der Waals surface area (Å²) in [5.41, 5.74) is 4.98. The zero-order valence-corrected chi connectivity index (χ0v) is 22.2. The molecule has 8 heteroatoms. The average molecular weight is 535 g/mol. The van der Waals surface area contributed by atoms with Gasteiger partial charge < -0.3 is 15.2 Å². The monoisotopic (exact) mass is 534 g/mol. The van der Waals surface area contributed by atoms with Crippen LogP contribution in [0.5, 0.6) is 5.75 Å². The van der Waals surface area contributed by atoms with E-state index in [0.717, 1.165) is 28.1 Å². The van der Waals surface area contributed by atoms with E-state index in [-0.39, 0.29) is 18.9 Å². The molecule has 0 aliphatic carbocycles. The molecule has 0 atom stereocenters. The number of hydrogen-bond donors (Lipinski definition) is 2. The first-order valence-electron chi connectivity index (χ1n) is 13.2. The Bertz CT molecular complexity index is 1650. The summed E-state index contributed by atoms with van der Waals surface area (Å²) in [6, 6.07) is 27.4. The van der Waals surface area contributed by atoms with Crippen LogP contribution in [0, 0.1) is 6.92 Å². The lowest BCUT2D eigenvalue weighted by molar-refractivity contribution is -0.136. The van der Waals surface area contributed by atoms with Crippen molar-refractivity contribution >= 4 is 22.6 Å². The van der Waals surface area contributed by atoms with Gasteiger partial charge in [-0.3, -0.25) is 19.3 Å². The highest BCUT2D eigenvalue weighted by Crippen LogP contribution is 2.24. The van der Waals surface area contributed by atoms with Crippen molar-refractivity contribution in [2.24, 2.45) is 0 Å². The predicted octanol–water partition coefficient (Wildman–Crippen LogP) is 5.43. The molecule has 0 saturated carbocycles. The van der Waals surface area contributed by atoms with Crippen LogP contribution in [0.1, 0.15) is 33.7 Å². The van der Waals surface area contributed by atoms with Crippen molar-refractivity contribution < 1.29 is 19.4 Å². The summed E-state index contributed by atoms with van der Waals surface area (Å²) >= 11 is 0. The fraction of sp³-hybridized carbons (Fsp3) is 0.188. The van der Waals surface area contributed by atoms with Crippen LogP contribution >= 0.6 is 0 Å². The van der Waals surface area contributed by atoms with Crippen molar-refractivity contribution in [3.8, 4) is 17.0 Å². The van der Waals surface area contributed by atoms with Crippen LogP contribution in [0.25, 0.3) is 22.0 Å². The molecule has 8 nitrogen and oxygen atoms in total. The van der Waals surface area contributed by atoms with Gasteiger partial charge in [0.2, 0.25) is 0 Å². The van der Waals surface area contributed by atoms with Crippen LogP contribution in [0.15, 0.2) is 91.1 Å². The van der Waals surface area contributed by atoms with Crippen molar-refractivity contribution in [2.45, 2.75) is 32.9 Å². The summed E-state index contributed by atoms with van der Waals surface area (Å²) in [5, 5.41) is 19.2. The van der Waals surface area contributed by atoms with Gasteiger partial charge in [-0.1, -0.05) is 48.5 Å². The Morgan fingerprint density at radius 3 is 2.55 bits per heavy atom. The van der Waals surface area contributed by atoms with Crippen LogP contribution in [0.3, 0.4) is 0 Å². The van der Waals surface area contributed by atoms with Crippen LogP contribution in [0.2, 0.25) is 0 Å². The predicted molar refractivity (Wildman–Crippen MR) is 153 cm³/mol. The largest absolute Gasteiger partial charge is 0.492 e. The molecule has 0 aliphatic rings. The van der Waals surface area contributed by atoms with E-state index in [9.17, 15) is 9.59 Å². The molecule has 202 valence electrons. The van der Waals surface area contributed by atoms with Crippen LogP contribution in [0.4, 0.5) is 0 Å². The van der Waals surface area contributed by atoms with Gasteiger partial charge in [0, 0.05) is 30.4 Å². The number of aromatic nitrogens is 3. The molecule has 0 unspecified atom stereocenters. The number of ether oxygens (including phenoxy) is 1. The number of nitrogens with one attached hydrogen (secondary N) is 1. The fourth-order valence-corrected chi connectivity index (χ4v) is 4.58. The second-order valence-electron chi connectivity index (χ2n) is 9.53. The standard InChI is InChI=1S/C32H30N4O4/c1-22-18-30(26-10-9-23-6-2-3-7-25(23)19-26)35-36(22)16-17-40-28-13-11-24(12-14-31(37)38)27(20-28)21-34-32(39)29-8-4-5-15-33-29/h2-11,13,15,18-20H,12,14,16-17,21H2,1H3,(H,34,39)(H,37,38). The number of pyridine rings is 1. The lowest BCUT2D eigenvalue weighted by Crippen LogP contribution is -2.24. The van der Waals surface area contributed by atoms with E-state index in [4.69, 9.17) is 14.9 Å². The van der Waals surface area contributed by atoms with E-state index < -0.39 is 5.97 Å². The molecule has 0 saturated heterocycles. The Morgan fingerprint density at radius 2 is 1.75 bits per heavy atom. The summed E-state index contributed by atoms with van der Waals surface area (Å²) in [5.74, 6) is -0.533. The van der Waals surface area contributed by atoms with Crippen molar-refractivity contribution in [3.05, 3.63) is 114 Å². The minimum absolute atomic E-state index is 0.000488. The molecule has 0 fully saturated rings. The van der Waals surface area contributed by atoms with E-state index in [1.807, 2.05) is 41.9 Å². The molecule has 0 bridgehead atoms. The highest BCUT2D eigenvalue weighted by atomic mass is 16.5. The number of benzene rings is 3. The van der Waals surface area contributed by atoms with Crippen LogP contribution in [-0.4, -0.2) is 38.4 Å². The second-order valence-corrected chi connectivity index (χ2v) is 9.53. The third kappa shape index (κ3) is 6.53. The number of nitrogens with zero attached hydrogens (tertiary/aromatic N) is 3. The van der Waals surface area contributed by atoms with Gasteiger partial charge in [-0.2, -0.15) is 5.10 Å². The molecule has 0 radical (unpaired) electrons. The van der Waals surface area contributed by atoms with Gasteiger partial charge in [0.05, 0.1) is 12.2 Å².